The van der Waals surface area contributed by atoms with Crippen molar-refractivity contribution in [2.75, 3.05) is 0 Å². The van der Waals surface area contributed by atoms with E-state index in [1.54, 1.807) is 0 Å². The van der Waals surface area contributed by atoms with Crippen LogP contribution in [0, 0.1) is 11.3 Å². The van der Waals surface area contributed by atoms with E-state index in [0.717, 1.165) is 20.8 Å². The lowest BCUT2D eigenvalue weighted by Gasteiger charge is -2.39. The highest BCUT2D eigenvalue weighted by atomic mass is 19.4. The summed E-state index contributed by atoms with van der Waals surface area (Å²) in [6.45, 7) is 2.74. The average molecular weight is 756 g/mol. The van der Waals surface area contributed by atoms with Gasteiger partial charge < -0.3 is 0 Å². The van der Waals surface area contributed by atoms with Gasteiger partial charge in [0.2, 0.25) is 0 Å². The first-order chi connectivity index (χ1) is 20.2. The van der Waals surface area contributed by atoms with Gasteiger partial charge in [0.05, 0.1) is 0 Å². The van der Waals surface area contributed by atoms with Crippen molar-refractivity contribution >= 4 is 0 Å². The molecule has 0 aromatic heterocycles. The molecule has 0 aliphatic heterocycles. The third kappa shape index (κ3) is 7.73. The zero-order valence-corrected chi connectivity index (χ0v) is 23.5. The molecular formula is C23H24F24. The maximum absolute atomic E-state index is 14.0. The third-order valence-corrected chi connectivity index (χ3v) is 7.08. The van der Waals surface area contributed by atoms with Crippen LogP contribution < -0.4 is 0 Å². The molecule has 0 saturated heterocycles. The fourth-order valence-corrected chi connectivity index (χ4v) is 4.22. The Balaban J connectivity index is 5.68. The van der Waals surface area contributed by atoms with Gasteiger partial charge in [0.1, 0.15) is 0 Å². The second kappa shape index (κ2) is 13.2. The molecule has 284 valence electrons. The molecule has 1 atom stereocenters. The summed E-state index contributed by atoms with van der Waals surface area (Å²) >= 11 is 0. The Bertz CT molecular complexity index is 1030. The predicted molar refractivity (Wildman–Crippen MR) is 112 cm³/mol. The summed E-state index contributed by atoms with van der Waals surface area (Å²) < 4.78 is 319. The topological polar surface area (TPSA) is 0 Å². The van der Waals surface area contributed by atoms with Gasteiger partial charge in [-0.2, -0.15) is 87.8 Å². The highest BCUT2D eigenvalue weighted by Crippen LogP contribution is 2.60. The lowest BCUT2D eigenvalue weighted by atomic mass is 9.77. The van der Waals surface area contributed by atoms with Crippen molar-refractivity contribution in [1.29, 1.82) is 0 Å². The molecule has 0 bridgehead atoms. The number of rotatable bonds is 19. The summed E-state index contributed by atoms with van der Waals surface area (Å²) in [5, 5.41) is 0. The lowest BCUT2D eigenvalue weighted by molar-refractivity contribution is -0.413. The molecule has 0 spiro atoms. The average Bonchev–Trinajstić information content (AvgIpc) is 2.85. The van der Waals surface area contributed by atoms with Crippen LogP contribution in [-0.4, -0.2) is 72.1 Å². The third-order valence-electron chi connectivity index (χ3n) is 7.08. The van der Waals surface area contributed by atoms with Crippen LogP contribution in [0.25, 0.3) is 0 Å². The standard InChI is InChI=1S/C23H24F24/c1-10(5-8-15(30,31)19(38,39)23(46,47)21(42,43)17(34,35)12(26)27)9-13(2,3)6-4-7-14(28,29)18(36,37)22(44,45)20(40,41)16(32,33)11(24)25/h10-12H,4-9H2,1-3H3. The molecule has 0 radical (unpaired) electrons. The van der Waals surface area contributed by atoms with E-state index < -0.39 is 122 Å². The second-order valence-electron chi connectivity index (χ2n) is 11.6. The molecular weight excluding hydrogens is 732 g/mol. The Morgan fingerprint density at radius 2 is 0.702 bits per heavy atom. The minimum atomic E-state index is -7.78. The predicted octanol–water partition coefficient (Wildman–Crippen LogP) is 11.9. The molecule has 0 aliphatic rings. The summed E-state index contributed by atoms with van der Waals surface area (Å²) in [6.07, 6.45) is -20.9. The molecule has 0 nitrogen and oxygen atoms in total. The Morgan fingerprint density at radius 1 is 0.404 bits per heavy atom. The van der Waals surface area contributed by atoms with Crippen molar-refractivity contribution in [2.45, 2.75) is 131 Å². The quantitative estimate of drug-likeness (QED) is 0.115. The molecule has 0 fully saturated rings. The first-order valence-corrected chi connectivity index (χ1v) is 12.5. The van der Waals surface area contributed by atoms with Crippen LogP contribution in [0.15, 0.2) is 0 Å². The lowest BCUT2D eigenvalue weighted by Crippen LogP contribution is -2.68. The Morgan fingerprint density at radius 3 is 1.00 bits per heavy atom. The van der Waals surface area contributed by atoms with Crippen molar-refractivity contribution in [2.24, 2.45) is 11.3 Å². The smallest absolute Gasteiger partial charge is 0.203 e. The first-order valence-electron chi connectivity index (χ1n) is 12.5. The van der Waals surface area contributed by atoms with Crippen molar-refractivity contribution in [3.63, 3.8) is 0 Å². The van der Waals surface area contributed by atoms with Gasteiger partial charge in [0, 0.05) is 12.8 Å². The zero-order valence-electron chi connectivity index (χ0n) is 23.5. The van der Waals surface area contributed by atoms with E-state index >= 15 is 0 Å². The monoisotopic (exact) mass is 756 g/mol. The van der Waals surface area contributed by atoms with Crippen molar-refractivity contribution in [3.8, 4) is 0 Å². The van der Waals surface area contributed by atoms with Crippen LogP contribution in [0.4, 0.5) is 105 Å². The summed E-state index contributed by atoms with van der Waals surface area (Å²) in [5.41, 5.74) is -1.64. The van der Waals surface area contributed by atoms with Gasteiger partial charge in [-0.25, -0.2) is 17.6 Å². The van der Waals surface area contributed by atoms with Crippen molar-refractivity contribution in [3.05, 3.63) is 0 Å². The van der Waals surface area contributed by atoms with Crippen LogP contribution in [0.3, 0.4) is 0 Å². The molecule has 24 heteroatoms. The highest BCUT2D eigenvalue weighted by molar-refractivity contribution is 5.10. The van der Waals surface area contributed by atoms with E-state index in [2.05, 4.69) is 0 Å². The molecule has 0 N–H and O–H groups in total. The summed E-state index contributed by atoms with van der Waals surface area (Å²) in [6, 6.07) is 0. The van der Waals surface area contributed by atoms with Crippen LogP contribution in [-0.2, 0) is 0 Å². The van der Waals surface area contributed by atoms with Crippen LogP contribution in [0.5, 0.6) is 0 Å². The molecule has 0 rings (SSSR count). The van der Waals surface area contributed by atoms with Gasteiger partial charge in [-0.05, 0) is 37.0 Å². The molecule has 47 heavy (non-hydrogen) atoms. The molecule has 0 amide bonds. The van der Waals surface area contributed by atoms with E-state index in [-0.39, 0.29) is 0 Å². The molecule has 0 heterocycles. The minimum absolute atomic E-state index is 0.693. The Hall–Kier alpha value is -1.68. The van der Waals surface area contributed by atoms with Gasteiger partial charge in [-0.15, -0.1) is 0 Å². The fraction of sp³-hybridized carbons (Fsp3) is 1.00. The number of hydrogen-bond donors (Lipinski definition) is 0. The first kappa shape index (κ1) is 45.3. The summed E-state index contributed by atoms with van der Waals surface area (Å²) in [4.78, 5) is 0. The summed E-state index contributed by atoms with van der Waals surface area (Å²) in [5.74, 6) is -74.3. The van der Waals surface area contributed by atoms with E-state index in [1.165, 1.54) is 0 Å². The molecule has 1 unspecified atom stereocenters. The molecule has 0 aliphatic carbocycles. The van der Waals surface area contributed by atoms with E-state index in [1.807, 2.05) is 0 Å². The van der Waals surface area contributed by atoms with Crippen LogP contribution in [0.2, 0.25) is 0 Å². The van der Waals surface area contributed by atoms with Gasteiger partial charge in [-0.1, -0.05) is 20.8 Å². The molecule has 0 aromatic rings. The number of hydrogen-bond acceptors (Lipinski definition) is 0. The van der Waals surface area contributed by atoms with Crippen LogP contribution in [0.1, 0.15) is 59.3 Å². The van der Waals surface area contributed by atoms with Crippen molar-refractivity contribution in [1.82, 2.24) is 0 Å². The second-order valence-corrected chi connectivity index (χ2v) is 11.6. The normalized spacial score (nSPS) is 16.8. The van der Waals surface area contributed by atoms with Gasteiger partial charge in [-0.3, -0.25) is 0 Å². The van der Waals surface area contributed by atoms with Crippen molar-refractivity contribution < 1.29 is 105 Å². The Labute approximate surface area is 249 Å². The van der Waals surface area contributed by atoms with Gasteiger partial charge in [0.15, 0.2) is 0 Å². The maximum atomic E-state index is 14.0. The largest absolute Gasteiger partial charge is 0.384 e. The number of halogens is 24. The fourth-order valence-electron chi connectivity index (χ4n) is 4.22. The van der Waals surface area contributed by atoms with E-state index in [9.17, 15) is 105 Å². The number of alkyl halides is 24. The zero-order chi connectivity index (χ0) is 38.5. The SMILES string of the molecule is CC(CCC(F)(F)C(F)(F)C(F)(F)C(F)(F)C(F)(F)C(F)F)CC(C)(C)CCCC(F)(F)C(F)(F)C(F)(F)C(F)(F)C(F)(F)C(F)F. The maximum Gasteiger partial charge on any atom is 0.384 e. The molecule has 0 saturated carbocycles. The van der Waals surface area contributed by atoms with Gasteiger partial charge >= 0.3 is 72.1 Å². The Kier molecular flexibility index (Phi) is 12.7. The van der Waals surface area contributed by atoms with E-state index in [4.69, 9.17) is 0 Å². The summed E-state index contributed by atoms with van der Waals surface area (Å²) in [7, 11) is 0. The molecule has 0 aromatic carbocycles. The highest BCUT2D eigenvalue weighted by Gasteiger charge is 2.88. The van der Waals surface area contributed by atoms with Crippen LogP contribution >= 0.6 is 0 Å². The van der Waals surface area contributed by atoms with Gasteiger partial charge in [0.25, 0.3) is 0 Å². The minimum Gasteiger partial charge on any atom is -0.203 e. The van der Waals surface area contributed by atoms with E-state index in [0.29, 0.717) is 0 Å².